The van der Waals surface area contributed by atoms with Gasteiger partial charge in [0, 0.05) is 28.2 Å². The molecule has 1 aromatic heterocycles. The van der Waals surface area contributed by atoms with Crippen LogP contribution >= 0.6 is 0 Å². The van der Waals surface area contributed by atoms with Crippen LogP contribution in [0.1, 0.15) is 5.56 Å². The van der Waals surface area contributed by atoms with E-state index < -0.39 is 0 Å². The molecule has 19 heavy (non-hydrogen) atoms. The Bertz CT molecular complexity index is 781. The molecule has 0 unspecified atom stereocenters. The molecule has 0 bridgehead atoms. The Labute approximate surface area is 111 Å². The third-order valence-corrected chi connectivity index (χ3v) is 3.21. The number of nitrogens with one attached hydrogen (secondary N) is 1. The van der Waals surface area contributed by atoms with Gasteiger partial charge in [0.15, 0.2) is 0 Å². The van der Waals surface area contributed by atoms with Crippen LogP contribution in [0.3, 0.4) is 0 Å². The van der Waals surface area contributed by atoms with Crippen molar-refractivity contribution in [2.45, 2.75) is 0 Å². The van der Waals surface area contributed by atoms with Gasteiger partial charge in [-0.25, -0.2) is 0 Å². The number of fused-ring (bicyclic) bond motifs is 1. The van der Waals surface area contributed by atoms with Gasteiger partial charge < -0.3 is 9.72 Å². The number of nitriles is 1. The lowest BCUT2D eigenvalue weighted by molar-refractivity contribution is 0.416. The third-order valence-electron chi connectivity index (χ3n) is 3.21. The van der Waals surface area contributed by atoms with Crippen molar-refractivity contribution in [1.82, 2.24) is 4.98 Å². The molecule has 3 aromatic rings. The van der Waals surface area contributed by atoms with Gasteiger partial charge in [0.2, 0.25) is 0 Å². The molecule has 0 atom stereocenters. The Kier molecular flexibility index (Phi) is 2.70. The van der Waals surface area contributed by atoms with Crippen molar-refractivity contribution >= 4 is 10.9 Å². The van der Waals surface area contributed by atoms with Gasteiger partial charge in [-0.1, -0.05) is 18.2 Å². The average molecular weight is 248 g/mol. The summed E-state index contributed by atoms with van der Waals surface area (Å²) in [5.41, 5.74) is 3.74. The number of hydrogen-bond acceptors (Lipinski definition) is 2. The van der Waals surface area contributed by atoms with Gasteiger partial charge in [-0.3, -0.25) is 0 Å². The summed E-state index contributed by atoms with van der Waals surface area (Å²) in [7, 11) is 1.66. The number of nitrogens with zero attached hydrogens (tertiary/aromatic N) is 1. The first kappa shape index (κ1) is 11.4. The zero-order chi connectivity index (χ0) is 13.2. The third kappa shape index (κ3) is 1.84. The maximum Gasteiger partial charge on any atom is 0.126 e. The molecule has 0 aliphatic heterocycles. The molecule has 1 heterocycles. The summed E-state index contributed by atoms with van der Waals surface area (Å²) in [6, 6.07) is 15.7. The lowest BCUT2D eigenvalue weighted by Gasteiger charge is -2.07. The molecule has 0 aliphatic rings. The SMILES string of the molecule is COc1ccccc1-c1c[nH]c2ccc(C#N)cc12. The molecule has 0 fully saturated rings. The minimum absolute atomic E-state index is 0.656. The molecule has 3 rings (SSSR count). The van der Waals surface area contributed by atoms with Crippen molar-refractivity contribution in [3.63, 3.8) is 0 Å². The number of ether oxygens (including phenoxy) is 1. The van der Waals surface area contributed by atoms with E-state index in [1.165, 1.54) is 0 Å². The second-order valence-electron chi connectivity index (χ2n) is 4.27. The van der Waals surface area contributed by atoms with E-state index in [4.69, 9.17) is 10.00 Å². The zero-order valence-corrected chi connectivity index (χ0v) is 10.5. The smallest absolute Gasteiger partial charge is 0.126 e. The maximum absolute atomic E-state index is 9.01. The van der Waals surface area contributed by atoms with Crippen molar-refractivity contribution in [2.75, 3.05) is 7.11 Å². The van der Waals surface area contributed by atoms with Crippen LogP contribution in [0.25, 0.3) is 22.0 Å². The molecule has 3 heteroatoms. The van der Waals surface area contributed by atoms with Gasteiger partial charge in [0.25, 0.3) is 0 Å². The summed E-state index contributed by atoms with van der Waals surface area (Å²) >= 11 is 0. The van der Waals surface area contributed by atoms with E-state index in [2.05, 4.69) is 11.1 Å². The van der Waals surface area contributed by atoms with Crippen LogP contribution in [-0.4, -0.2) is 12.1 Å². The summed E-state index contributed by atoms with van der Waals surface area (Å²) in [6.07, 6.45) is 1.95. The highest BCUT2D eigenvalue weighted by Gasteiger charge is 2.10. The molecule has 1 N–H and O–H groups in total. The van der Waals surface area contributed by atoms with Crippen LogP contribution in [0.15, 0.2) is 48.7 Å². The first-order chi connectivity index (χ1) is 9.33. The number of hydrogen-bond donors (Lipinski definition) is 1. The van der Waals surface area contributed by atoms with Crippen molar-refractivity contribution in [3.05, 3.63) is 54.2 Å². The number of para-hydroxylation sites is 1. The zero-order valence-electron chi connectivity index (χ0n) is 10.5. The lowest BCUT2D eigenvalue weighted by Crippen LogP contribution is -1.86. The van der Waals surface area contributed by atoms with Crippen molar-refractivity contribution in [3.8, 4) is 22.9 Å². The summed E-state index contributed by atoms with van der Waals surface area (Å²) in [5.74, 6) is 0.825. The normalized spacial score (nSPS) is 10.3. The molecule has 0 radical (unpaired) electrons. The second kappa shape index (κ2) is 4.51. The molecular weight excluding hydrogens is 236 g/mol. The summed E-state index contributed by atoms with van der Waals surface area (Å²) in [4.78, 5) is 3.22. The first-order valence-corrected chi connectivity index (χ1v) is 5.98. The fourth-order valence-electron chi connectivity index (χ4n) is 2.28. The molecule has 0 aliphatic carbocycles. The predicted molar refractivity (Wildman–Crippen MR) is 75.0 cm³/mol. The molecular formula is C16H12N2O. The lowest BCUT2D eigenvalue weighted by atomic mass is 10.0. The van der Waals surface area contributed by atoms with E-state index in [0.29, 0.717) is 5.56 Å². The maximum atomic E-state index is 9.01. The van der Waals surface area contributed by atoms with Crippen molar-refractivity contribution in [2.24, 2.45) is 0 Å². The number of methoxy groups -OCH3 is 1. The van der Waals surface area contributed by atoms with E-state index in [1.807, 2.05) is 48.7 Å². The topological polar surface area (TPSA) is 48.8 Å². The van der Waals surface area contributed by atoms with Gasteiger partial charge in [0.1, 0.15) is 5.75 Å². The Morgan fingerprint density at radius 1 is 1.11 bits per heavy atom. The predicted octanol–water partition coefficient (Wildman–Crippen LogP) is 3.72. The van der Waals surface area contributed by atoms with Gasteiger partial charge in [-0.2, -0.15) is 5.26 Å². The molecule has 92 valence electrons. The van der Waals surface area contributed by atoms with Gasteiger partial charge >= 0.3 is 0 Å². The Hall–Kier alpha value is -2.73. The number of benzene rings is 2. The summed E-state index contributed by atoms with van der Waals surface area (Å²) < 4.78 is 5.40. The van der Waals surface area contributed by atoms with E-state index in [-0.39, 0.29) is 0 Å². The second-order valence-corrected chi connectivity index (χ2v) is 4.27. The van der Waals surface area contributed by atoms with Gasteiger partial charge in [-0.15, -0.1) is 0 Å². The highest BCUT2D eigenvalue weighted by Crippen LogP contribution is 2.35. The quantitative estimate of drug-likeness (QED) is 0.751. The monoisotopic (exact) mass is 248 g/mol. The Balaban J connectivity index is 2.28. The molecule has 0 spiro atoms. The molecule has 2 aromatic carbocycles. The Morgan fingerprint density at radius 2 is 1.95 bits per heavy atom. The van der Waals surface area contributed by atoms with E-state index >= 15 is 0 Å². The Morgan fingerprint density at radius 3 is 2.74 bits per heavy atom. The number of aromatic nitrogens is 1. The standard InChI is InChI=1S/C16H12N2O/c1-19-16-5-3-2-4-12(16)14-10-18-15-7-6-11(9-17)8-13(14)15/h2-8,10,18H,1H3. The fourth-order valence-corrected chi connectivity index (χ4v) is 2.28. The van der Waals surface area contributed by atoms with Crippen molar-refractivity contribution in [1.29, 1.82) is 5.26 Å². The first-order valence-electron chi connectivity index (χ1n) is 5.98. The average Bonchev–Trinajstić information content (AvgIpc) is 2.89. The minimum Gasteiger partial charge on any atom is -0.496 e. The largest absolute Gasteiger partial charge is 0.496 e. The number of H-pyrrole nitrogens is 1. The van der Waals surface area contributed by atoms with Crippen LogP contribution in [-0.2, 0) is 0 Å². The van der Waals surface area contributed by atoms with E-state index in [1.54, 1.807) is 7.11 Å². The minimum atomic E-state index is 0.656. The van der Waals surface area contributed by atoms with Crippen LogP contribution in [0, 0.1) is 11.3 Å². The number of rotatable bonds is 2. The van der Waals surface area contributed by atoms with Crippen LogP contribution < -0.4 is 4.74 Å². The van der Waals surface area contributed by atoms with Crippen LogP contribution in [0.5, 0.6) is 5.75 Å². The van der Waals surface area contributed by atoms with E-state index in [0.717, 1.165) is 27.8 Å². The summed E-state index contributed by atoms with van der Waals surface area (Å²) in [5, 5.41) is 10.0. The summed E-state index contributed by atoms with van der Waals surface area (Å²) in [6.45, 7) is 0. The fraction of sp³-hybridized carbons (Fsp3) is 0.0625. The highest BCUT2D eigenvalue weighted by molar-refractivity contribution is 5.97. The van der Waals surface area contributed by atoms with Gasteiger partial charge in [0.05, 0.1) is 18.7 Å². The van der Waals surface area contributed by atoms with Crippen LogP contribution in [0.2, 0.25) is 0 Å². The van der Waals surface area contributed by atoms with Crippen LogP contribution in [0.4, 0.5) is 0 Å². The molecule has 3 nitrogen and oxygen atoms in total. The molecule has 0 amide bonds. The number of aromatic amines is 1. The van der Waals surface area contributed by atoms with Gasteiger partial charge in [-0.05, 0) is 24.3 Å². The molecule has 0 saturated heterocycles. The molecule has 0 saturated carbocycles. The van der Waals surface area contributed by atoms with E-state index in [9.17, 15) is 0 Å². The highest BCUT2D eigenvalue weighted by atomic mass is 16.5. The van der Waals surface area contributed by atoms with Crippen molar-refractivity contribution < 1.29 is 4.74 Å².